The van der Waals surface area contributed by atoms with Crippen LogP contribution in [0.15, 0.2) is 54.7 Å². The van der Waals surface area contributed by atoms with Crippen LogP contribution < -0.4 is 5.32 Å². The molecule has 1 aromatic carbocycles. The van der Waals surface area contributed by atoms with E-state index in [1.54, 1.807) is 6.20 Å². The minimum absolute atomic E-state index is 0.138. The van der Waals surface area contributed by atoms with Crippen molar-refractivity contribution in [2.24, 2.45) is 0 Å². The Balaban J connectivity index is 1.30. The van der Waals surface area contributed by atoms with Gasteiger partial charge in [0.05, 0.1) is 12.2 Å². The predicted molar refractivity (Wildman–Crippen MR) is 113 cm³/mol. The van der Waals surface area contributed by atoms with Crippen LogP contribution in [0.25, 0.3) is 0 Å². The fraction of sp³-hybridized carbons (Fsp3) is 0.478. The van der Waals surface area contributed by atoms with Gasteiger partial charge in [-0.3, -0.25) is 14.7 Å². The van der Waals surface area contributed by atoms with Crippen LogP contribution >= 0.6 is 0 Å². The van der Waals surface area contributed by atoms with Gasteiger partial charge in [0.1, 0.15) is 0 Å². The van der Waals surface area contributed by atoms with E-state index >= 15 is 0 Å². The first-order valence-corrected chi connectivity index (χ1v) is 10.3. The van der Waals surface area contributed by atoms with E-state index in [4.69, 9.17) is 0 Å². The molecule has 2 aromatic rings. The molecule has 1 aliphatic carbocycles. The number of benzene rings is 1. The van der Waals surface area contributed by atoms with E-state index in [1.807, 2.05) is 30.1 Å². The van der Waals surface area contributed by atoms with Crippen molar-refractivity contribution >= 4 is 5.91 Å². The Bertz CT molecular complexity index is 703. The minimum Gasteiger partial charge on any atom is -0.345 e. The minimum atomic E-state index is 0.138. The third-order valence-electron chi connectivity index (χ3n) is 5.21. The Morgan fingerprint density at radius 2 is 1.82 bits per heavy atom. The van der Waals surface area contributed by atoms with E-state index in [0.29, 0.717) is 13.1 Å². The summed E-state index contributed by atoms with van der Waals surface area (Å²) < 4.78 is 0. The average molecular weight is 381 g/mol. The van der Waals surface area contributed by atoms with Crippen molar-refractivity contribution in [3.8, 4) is 0 Å². The van der Waals surface area contributed by atoms with Gasteiger partial charge < -0.3 is 10.2 Å². The summed E-state index contributed by atoms with van der Waals surface area (Å²) in [7, 11) is 1.90. The summed E-state index contributed by atoms with van der Waals surface area (Å²) in [6, 6.07) is 17.3. The van der Waals surface area contributed by atoms with Crippen molar-refractivity contribution in [2.45, 2.75) is 44.8 Å². The third-order valence-corrected chi connectivity index (χ3v) is 5.21. The van der Waals surface area contributed by atoms with E-state index < -0.39 is 0 Å². The highest BCUT2D eigenvalue weighted by molar-refractivity contribution is 5.77. The first-order valence-electron chi connectivity index (χ1n) is 10.3. The molecule has 1 amide bonds. The molecule has 1 saturated carbocycles. The standard InChI is InChI=1S/C23H32N4O/c1-26(23(28)18-24-17-21-11-5-6-14-25-21)15-7-8-16-27(22-12-13-22)19-20-9-3-2-4-10-20/h2-6,9-11,14,22,24H,7-8,12-13,15-19H2,1H3. The number of likely N-dealkylation sites (N-methyl/N-ethyl adjacent to an activating group) is 1. The summed E-state index contributed by atoms with van der Waals surface area (Å²) in [6.07, 6.45) is 6.59. The Morgan fingerprint density at radius 1 is 1.07 bits per heavy atom. The molecule has 0 bridgehead atoms. The van der Waals surface area contributed by atoms with Crippen LogP contribution in [0.2, 0.25) is 0 Å². The number of amides is 1. The summed E-state index contributed by atoms with van der Waals surface area (Å²) in [6.45, 7) is 3.94. The maximum Gasteiger partial charge on any atom is 0.236 e. The number of rotatable bonds is 12. The van der Waals surface area contributed by atoms with Crippen LogP contribution in [0.3, 0.4) is 0 Å². The SMILES string of the molecule is CN(CCCCN(Cc1ccccc1)C1CC1)C(=O)CNCc1ccccn1. The molecule has 0 unspecified atom stereocenters. The summed E-state index contributed by atoms with van der Waals surface area (Å²) in [5.74, 6) is 0.138. The van der Waals surface area contributed by atoms with Crippen molar-refractivity contribution < 1.29 is 4.79 Å². The molecule has 1 N–H and O–H groups in total. The van der Waals surface area contributed by atoms with E-state index in [2.05, 4.69) is 45.5 Å². The monoisotopic (exact) mass is 380 g/mol. The molecular formula is C23H32N4O. The molecule has 0 aliphatic heterocycles. The van der Waals surface area contributed by atoms with Gasteiger partial charge >= 0.3 is 0 Å². The van der Waals surface area contributed by atoms with E-state index in [1.165, 1.54) is 18.4 Å². The van der Waals surface area contributed by atoms with E-state index in [0.717, 1.165) is 44.2 Å². The molecule has 1 heterocycles. The molecule has 0 radical (unpaired) electrons. The smallest absolute Gasteiger partial charge is 0.236 e. The number of pyridine rings is 1. The summed E-state index contributed by atoms with van der Waals surface area (Å²) >= 11 is 0. The second-order valence-electron chi connectivity index (χ2n) is 7.63. The molecule has 5 nitrogen and oxygen atoms in total. The lowest BCUT2D eigenvalue weighted by Gasteiger charge is -2.23. The lowest BCUT2D eigenvalue weighted by Crippen LogP contribution is -2.36. The van der Waals surface area contributed by atoms with Crippen LogP contribution in [0.1, 0.15) is 36.9 Å². The number of carbonyl (C=O) groups is 1. The second kappa shape index (κ2) is 10.9. The molecule has 1 aromatic heterocycles. The van der Waals surface area contributed by atoms with Gasteiger partial charge in [0, 0.05) is 38.9 Å². The normalized spacial score (nSPS) is 13.6. The van der Waals surface area contributed by atoms with Gasteiger partial charge in [-0.1, -0.05) is 36.4 Å². The van der Waals surface area contributed by atoms with Gasteiger partial charge in [-0.05, 0) is 49.9 Å². The fourth-order valence-corrected chi connectivity index (χ4v) is 3.37. The maximum absolute atomic E-state index is 12.3. The summed E-state index contributed by atoms with van der Waals surface area (Å²) in [4.78, 5) is 20.9. The zero-order chi connectivity index (χ0) is 19.6. The van der Waals surface area contributed by atoms with Crippen molar-refractivity contribution in [2.75, 3.05) is 26.7 Å². The lowest BCUT2D eigenvalue weighted by molar-refractivity contribution is -0.129. The number of nitrogens with one attached hydrogen (secondary N) is 1. The molecule has 0 saturated heterocycles. The molecule has 28 heavy (non-hydrogen) atoms. The predicted octanol–water partition coefficient (Wildman–Crippen LogP) is 3.07. The van der Waals surface area contributed by atoms with Gasteiger partial charge in [0.25, 0.3) is 0 Å². The summed E-state index contributed by atoms with van der Waals surface area (Å²) in [5, 5.41) is 3.18. The highest BCUT2D eigenvalue weighted by Gasteiger charge is 2.28. The zero-order valence-electron chi connectivity index (χ0n) is 16.9. The topological polar surface area (TPSA) is 48.5 Å². The van der Waals surface area contributed by atoms with Crippen molar-refractivity contribution in [1.29, 1.82) is 0 Å². The Labute approximate surface area is 168 Å². The van der Waals surface area contributed by atoms with Gasteiger partial charge in [0.15, 0.2) is 0 Å². The molecule has 1 fully saturated rings. The van der Waals surface area contributed by atoms with Crippen LogP contribution in [-0.2, 0) is 17.9 Å². The molecular weight excluding hydrogens is 348 g/mol. The zero-order valence-corrected chi connectivity index (χ0v) is 16.9. The highest BCUT2D eigenvalue weighted by atomic mass is 16.2. The largest absolute Gasteiger partial charge is 0.345 e. The Kier molecular flexibility index (Phi) is 8.00. The molecule has 150 valence electrons. The van der Waals surface area contributed by atoms with Crippen molar-refractivity contribution in [3.63, 3.8) is 0 Å². The lowest BCUT2D eigenvalue weighted by atomic mass is 10.2. The maximum atomic E-state index is 12.3. The second-order valence-corrected chi connectivity index (χ2v) is 7.63. The molecule has 1 aliphatic rings. The van der Waals surface area contributed by atoms with Crippen LogP contribution in [0, 0.1) is 0 Å². The molecule has 5 heteroatoms. The number of aromatic nitrogens is 1. The van der Waals surface area contributed by atoms with Gasteiger partial charge in [-0.25, -0.2) is 0 Å². The average Bonchev–Trinajstić information content (AvgIpc) is 3.57. The molecule has 0 atom stereocenters. The first kappa shape index (κ1) is 20.5. The van der Waals surface area contributed by atoms with Crippen LogP contribution in [0.4, 0.5) is 0 Å². The summed E-state index contributed by atoms with van der Waals surface area (Å²) in [5.41, 5.74) is 2.34. The van der Waals surface area contributed by atoms with E-state index in [-0.39, 0.29) is 5.91 Å². The number of hydrogen-bond acceptors (Lipinski definition) is 4. The Morgan fingerprint density at radius 3 is 2.54 bits per heavy atom. The molecule has 3 rings (SSSR count). The van der Waals surface area contributed by atoms with E-state index in [9.17, 15) is 4.79 Å². The fourth-order valence-electron chi connectivity index (χ4n) is 3.37. The van der Waals surface area contributed by atoms with Gasteiger partial charge in [-0.2, -0.15) is 0 Å². The first-order chi connectivity index (χ1) is 13.7. The highest BCUT2D eigenvalue weighted by Crippen LogP contribution is 2.28. The van der Waals surface area contributed by atoms with Crippen LogP contribution in [-0.4, -0.2) is 53.4 Å². The van der Waals surface area contributed by atoms with Gasteiger partial charge in [0.2, 0.25) is 5.91 Å². The van der Waals surface area contributed by atoms with Crippen molar-refractivity contribution in [3.05, 3.63) is 66.0 Å². The van der Waals surface area contributed by atoms with Crippen LogP contribution in [0.5, 0.6) is 0 Å². The Hall–Kier alpha value is -2.24. The number of unbranched alkanes of at least 4 members (excludes halogenated alkanes) is 1. The number of nitrogens with zero attached hydrogens (tertiary/aromatic N) is 3. The number of hydrogen-bond donors (Lipinski definition) is 1. The number of carbonyl (C=O) groups excluding carboxylic acids is 1. The third kappa shape index (κ3) is 7.06. The molecule has 0 spiro atoms. The van der Waals surface area contributed by atoms with Gasteiger partial charge in [-0.15, -0.1) is 0 Å². The quantitative estimate of drug-likeness (QED) is 0.575. The van der Waals surface area contributed by atoms with Crippen molar-refractivity contribution in [1.82, 2.24) is 20.1 Å².